The number of thiophene rings is 1. The van der Waals surface area contributed by atoms with E-state index in [1.165, 1.54) is 11.3 Å². The fourth-order valence-electron chi connectivity index (χ4n) is 1.98. The highest BCUT2D eigenvalue weighted by Crippen LogP contribution is 2.34. The van der Waals surface area contributed by atoms with Gasteiger partial charge in [0, 0.05) is 0 Å². The Hall–Kier alpha value is -0.910. The average Bonchev–Trinajstić information content (AvgIpc) is 2.76. The van der Waals surface area contributed by atoms with Gasteiger partial charge in [-0.2, -0.15) is 0 Å². The maximum absolute atomic E-state index is 12.4. The molecule has 0 bridgehead atoms. The Kier molecular flexibility index (Phi) is 5.35. The smallest absolute Gasteiger partial charge is 0.314 e. The van der Waals surface area contributed by atoms with Crippen LogP contribution in [0.2, 0.25) is 0 Å². The third-order valence-corrected chi connectivity index (χ3v) is 3.86. The van der Waals surface area contributed by atoms with E-state index in [1.807, 2.05) is 19.2 Å². The molecule has 1 heterocycles. The number of hydrogen-bond donors (Lipinski definition) is 2. The molecule has 5 heteroatoms. The number of esters is 1. The summed E-state index contributed by atoms with van der Waals surface area (Å²) in [4.78, 5) is 13.0. The van der Waals surface area contributed by atoms with Crippen molar-refractivity contribution in [1.29, 1.82) is 0 Å². The van der Waals surface area contributed by atoms with Crippen LogP contribution in [0.4, 0.5) is 0 Å². The van der Waals surface area contributed by atoms with Crippen molar-refractivity contribution in [1.82, 2.24) is 0 Å². The van der Waals surface area contributed by atoms with Gasteiger partial charge >= 0.3 is 5.97 Å². The van der Waals surface area contributed by atoms with Gasteiger partial charge in [0.2, 0.25) is 0 Å². The van der Waals surface area contributed by atoms with Crippen molar-refractivity contribution in [3.05, 3.63) is 22.4 Å². The fraction of sp³-hybridized carbons (Fsp3) is 0.667. The topological polar surface area (TPSA) is 72.5 Å². The zero-order chi connectivity index (χ0) is 15.6. The van der Waals surface area contributed by atoms with Gasteiger partial charge in [0.1, 0.15) is 11.5 Å². The van der Waals surface area contributed by atoms with Gasteiger partial charge in [0.25, 0.3) is 0 Å². The van der Waals surface area contributed by atoms with E-state index in [1.54, 1.807) is 32.9 Å². The van der Waals surface area contributed by atoms with Crippen molar-refractivity contribution in [3.63, 3.8) is 0 Å². The van der Waals surface area contributed by atoms with Crippen LogP contribution in [0.5, 0.6) is 0 Å². The predicted molar refractivity (Wildman–Crippen MR) is 81.2 cm³/mol. The molecule has 1 aromatic rings. The Morgan fingerprint density at radius 2 is 2.05 bits per heavy atom. The second-order valence-electron chi connectivity index (χ2n) is 6.52. The molecule has 0 spiro atoms. The van der Waals surface area contributed by atoms with E-state index < -0.39 is 23.2 Å². The minimum atomic E-state index is -1.69. The van der Waals surface area contributed by atoms with Crippen molar-refractivity contribution in [2.24, 2.45) is 17.6 Å². The first-order valence-electron chi connectivity index (χ1n) is 6.82. The van der Waals surface area contributed by atoms with Crippen LogP contribution < -0.4 is 5.73 Å². The van der Waals surface area contributed by atoms with Crippen LogP contribution >= 0.6 is 11.3 Å². The number of rotatable bonds is 5. The van der Waals surface area contributed by atoms with Gasteiger partial charge in [0.05, 0.1) is 4.88 Å². The van der Waals surface area contributed by atoms with Crippen molar-refractivity contribution in [2.45, 2.75) is 52.4 Å². The molecule has 0 aliphatic rings. The van der Waals surface area contributed by atoms with Crippen molar-refractivity contribution in [3.8, 4) is 0 Å². The van der Waals surface area contributed by atoms with Gasteiger partial charge in [-0.1, -0.05) is 19.9 Å². The van der Waals surface area contributed by atoms with Crippen LogP contribution in [0, 0.1) is 11.8 Å². The van der Waals surface area contributed by atoms with E-state index in [9.17, 15) is 9.90 Å². The highest BCUT2D eigenvalue weighted by Gasteiger charge is 2.42. The Balaban J connectivity index is 3.03. The van der Waals surface area contributed by atoms with Crippen molar-refractivity contribution >= 4 is 17.3 Å². The Morgan fingerprint density at radius 1 is 1.45 bits per heavy atom. The summed E-state index contributed by atoms with van der Waals surface area (Å²) in [7, 11) is 0. The molecule has 0 saturated heterocycles. The number of carbonyl (C=O) groups is 1. The zero-order valence-corrected chi connectivity index (χ0v) is 13.7. The standard InChI is InChI=1S/C15H25NO3S/c1-10(2)9-11(13(17)19-14(3,4)5)15(16,18)12-7-6-8-20-12/h6-8,10-11,18H,9,16H2,1-5H3/t11-,15-/m0/s1. The lowest BCUT2D eigenvalue weighted by atomic mass is 9.86. The van der Waals surface area contributed by atoms with Crippen LogP contribution in [0.15, 0.2) is 17.5 Å². The van der Waals surface area contributed by atoms with Gasteiger partial charge in [-0.15, -0.1) is 11.3 Å². The van der Waals surface area contributed by atoms with Gasteiger partial charge in [-0.3, -0.25) is 10.5 Å². The summed E-state index contributed by atoms with van der Waals surface area (Å²) in [5, 5.41) is 12.5. The van der Waals surface area contributed by atoms with E-state index in [4.69, 9.17) is 10.5 Å². The van der Waals surface area contributed by atoms with Crippen LogP contribution in [-0.4, -0.2) is 16.7 Å². The molecule has 3 N–H and O–H groups in total. The molecule has 1 aromatic heterocycles. The van der Waals surface area contributed by atoms with E-state index in [-0.39, 0.29) is 5.92 Å². The van der Waals surface area contributed by atoms with Crippen LogP contribution in [0.25, 0.3) is 0 Å². The Bertz CT molecular complexity index is 432. The quantitative estimate of drug-likeness (QED) is 0.648. The molecule has 0 fully saturated rings. The van der Waals surface area contributed by atoms with Crippen LogP contribution in [-0.2, 0) is 15.3 Å². The first kappa shape index (κ1) is 17.1. The molecule has 0 radical (unpaired) electrons. The number of aliphatic hydroxyl groups is 1. The Labute approximate surface area is 124 Å². The predicted octanol–water partition coefficient (Wildman–Crippen LogP) is 2.86. The molecule has 4 nitrogen and oxygen atoms in total. The minimum absolute atomic E-state index is 0.225. The summed E-state index contributed by atoms with van der Waals surface area (Å²) >= 11 is 1.34. The van der Waals surface area contributed by atoms with E-state index in [0.29, 0.717) is 11.3 Å². The minimum Gasteiger partial charge on any atom is -0.460 e. The summed E-state index contributed by atoms with van der Waals surface area (Å²) in [6.45, 7) is 9.39. The average molecular weight is 299 g/mol. The highest BCUT2D eigenvalue weighted by molar-refractivity contribution is 7.10. The molecule has 0 aromatic carbocycles. The molecular formula is C15H25NO3S. The number of hydrogen-bond acceptors (Lipinski definition) is 5. The van der Waals surface area contributed by atoms with E-state index in [0.717, 1.165) is 0 Å². The maximum atomic E-state index is 12.4. The first-order chi connectivity index (χ1) is 9.04. The van der Waals surface area contributed by atoms with Gasteiger partial charge in [0.15, 0.2) is 5.72 Å². The summed E-state index contributed by atoms with van der Waals surface area (Å²) in [5.74, 6) is -1.01. The lowest BCUT2D eigenvalue weighted by molar-refractivity contribution is -0.171. The van der Waals surface area contributed by atoms with E-state index in [2.05, 4.69) is 0 Å². The van der Waals surface area contributed by atoms with Crippen molar-refractivity contribution < 1.29 is 14.6 Å². The zero-order valence-electron chi connectivity index (χ0n) is 12.8. The molecule has 1 rings (SSSR count). The van der Waals surface area contributed by atoms with Crippen LogP contribution in [0.3, 0.4) is 0 Å². The molecule has 114 valence electrons. The molecule has 0 amide bonds. The molecule has 2 atom stereocenters. The largest absolute Gasteiger partial charge is 0.460 e. The SMILES string of the molecule is CC(C)C[C@@H](C(=O)OC(C)(C)C)[C@](N)(O)c1cccs1. The molecule has 0 saturated carbocycles. The van der Waals surface area contributed by atoms with Crippen LogP contribution in [0.1, 0.15) is 45.9 Å². The fourth-order valence-corrected chi connectivity index (χ4v) is 2.77. The number of ether oxygens (including phenoxy) is 1. The molecule has 20 heavy (non-hydrogen) atoms. The second kappa shape index (κ2) is 6.24. The van der Waals surface area contributed by atoms with Gasteiger partial charge in [-0.05, 0) is 44.6 Å². The summed E-state index contributed by atoms with van der Waals surface area (Å²) in [6.07, 6.45) is 0.472. The summed E-state index contributed by atoms with van der Waals surface area (Å²) < 4.78 is 5.41. The Morgan fingerprint density at radius 3 is 2.45 bits per heavy atom. The van der Waals surface area contributed by atoms with Crippen molar-refractivity contribution in [2.75, 3.05) is 0 Å². The second-order valence-corrected chi connectivity index (χ2v) is 7.47. The first-order valence-corrected chi connectivity index (χ1v) is 7.70. The summed E-state index contributed by atoms with van der Waals surface area (Å²) in [6, 6.07) is 3.54. The highest BCUT2D eigenvalue weighted by atomic mass is 32.1. The lowest BCUT2D eigenvalue weighted by Crippen LogP contribution is -2.49. The number of nitrogens with two attached hydrogens (primary N) is 1. The monoisotopic (exact) mass is 299 g/mol. The molecule has 0 aliphatic carbocycles. The van der Waals surface area contributed by atoms with Gasteiger partial charge < -0.3 is 9.84 Å². The maximum Gasteiger partial charge on any atom is 0.314 e. The third kappa shape index (κ3) is 4.58. The molecule has 0 unspecified atom stereocenters. The molecule has 0 aliphatic heterocycles. The lowest BCUT2D eigenvalue weighted by Gasteiger charge is -2.33. The summed E-state index contributed by atoms with van der Waals surface area (Å²) in [5.41, 5.74) is 3.77. The van der Waals surface area contributed by atoms with E-state index >= 15 is 0 Å². The number of carbonyl (C=O) groups excluding carboxylic acids is 1. The molecular weight excluding hydrogens is 274 g/mol. The normalized spacial score (nSPS) is 16.8. The van der Waals surface area contributed by atoms with Gasteiger partial charge in [-0.25, -0.2) is 0 Å². The third-order valence-electron chi connectivity index (χ3n) is 2.85.